The van der Waals surface area contributed by atoms with Crippen molar-refractivity contribution < 1.29 is 24.3 Å². The summed E-state index contributed by atoms with van der Waals surface area (Å²) in [5, 5.41) is 17.5. The molecule has 0 radical (unpaired) electrons. The van der Waals surface area contributed by atoms with Crippen molar-refractivity contribution >= 4 is 47.2 Å². The SMILES string of the molecule is CSCCC(NC(=O)C(N)Cc1cnc[nH]1)C(=O)NC(CCSC)C(=O)NC(Cc1cnc[nH]1)C(=O)O. The minimum atomic E-state index is -1.21. The minimum absolute atomic E-state index is 0.00485. The van der Waals surface area contributed by atoms with Gasteiger partial charge in [-0.1, -0.05) is 0 Å². The molecule has 2 aromatic heterocycles. The highest BCUT2D eigenvalue weighted by molar-refractivity contribution is 7.98. The van der Waals surface area contributed by atoms with E-state index in [0.29, 0.717) is 29.3 Å². The van der Waals surface area contributed by atoms with Gasteiger partial charge in [-0.15, -0.1) is 0 Å². The van der Waals surface area contributed by atoms with Crippen LogP contribution >= 0.6 is 23.5 Å². The maximum atomic E-state index is 13.2. The number of hydrogen-bond acceptors (Lipinski definition) is 9. The number of carboxylic acid groups (broad SMARTS) is 1. The molecule has 0 aliphatic carbocycles. The van der Waals surface area contributed by atoms with Crippen LogP contribution in [0.5, 0.6) is 0 Å². The monoisotopic (exact) mass is 554 g/mol. The van der Waals surface area contributed by atoms with Gasteiger partial charge in [0.1, 0.15) is 18.1 Å². The zero-order chi connectivity index (χ0) is 27.2. The molecule has 37 heavy (non-hydrogen) atoms. The number of hydrogen-bond donors (Lipinski definition) is 7. The first-order valence-electron chi connectivity index (χ1n) is 11.6. The standard InChI is InChI=1S/C22H34N8O5S2/c1-36-5-3-16(28-19(31)15(23)7-13-9-24-11-26-13)20(32)29-17(4-6-37-2)21(33)30-18(22(34)35)8-14-10-25-12-27-14/h9-12,15-18H,3-8,23H2,1-2H3,(H,24,26)(H,25,27)(H,28,31)(H,29,32)(H,30,33)(H,34,35). The summed E-state index contributed by atoms with van der Waals surface area (Å²) >= 11 is 2.99. The van der Waals surface area contributed by atoms with Crippen LogP contribution in [0.1, 0.15) is 24.2 Å². The van der Waals surface area contributed by atoms with Crippen LogP contribution in [0.2, 0.25) is 0 Å². The second-order valence-electron chi connectivity index (χ2n) is 8.25. The Hall–Kier alpha value is -3.04. The molecule has 15 heteroatoms. The molecule has 204 valence electrons. The minimum Gasteiger partial charge on any atom is -0.480 e. The van der Waals surface area contributed by atoms with E-state index < -0.39 is 47.9 Å². The van der Waals surface area contributed by atoms with Gasteiger partial charge in [-0.05, 0) is 36.9 Å². The summed E-state index contributed by atoms with van der Waals surface area (Å²) in [5.74, 6) is -1.76. The highest BCUT2D eigenvalue weighted by atomic mass is 32.2. The van der Waals surface area contributed by atoms with Gasteiger partial charge in [0, 0.05) is 36.6 Å². The number of imidazole rings is 2. The topological polar surface area (TPSA) is 208 Å². The number of carboxylic acids is 1. The summed E-state index contributed by atoms with van der Waals surface area (Å²) in [5.41, 5.74) is 7.24. The molecule has 2 aromatic rings. The molecule has 0 spiro atoms. The van der Waals surface area contributed by atoms with Crippen LogP contribution in [0.15, 0.2) is 25.0 Å². The zero-order valence-corrected chi connectivity index (χ0v) is 22.4. The number of rotatable bonds is 17. The van der Waals surface area contributed by atoms with Gasteiger partial charge < -0.3 is 36.8 Å². The van der Waals surface area contributed by atoms with E-state index in [-0.39, 0.29) is 19.3 Å². The average Bonchev–Trinajstić information content (AvgIpc) is 3.57. The zero-order valence-electron chi connectivity index (χ0n) is 20.7. The van der Waals surface area contributed by atoms with Crippen LogP contribution in [-0.2, 0) is 32.0 Å². The van der Waals surface area contributed by atoms with E-state index in [4.69, 9.17) is 5.73 Å². The Labute approximate surface area is 223 Å². The number of H-pyrrole nitrogens is 2. The molecule has 0 aliphatic heterocycles. The number of carbonyl (C=O) groups is 4. The molecular formula is C22H34N8O5S2. The Bertz CT molecular complexity index is 989. The first-order chi connectivity index (χ1) is 17.7. The first kappa shape index (κ1) is 30.2. The number of aliphatic carboxylic acids is 1. The summed E-state index contributed by atoms with van der Waals surface area (Å²) < 4.78 is 0. The second kappa shape index (κ2) is 15.9. The van der Waals surface area contributed by atoms with Crippen molar-refractivity contribution in [2.75, 3.05) is 24.0 Å². The van der Waals surface area contributed by atoms with E-state index in [9.17, 15) is 24.3 Å². The third kappa shape index (κ3) is 10.5. The lowest BCUT2D eigenvalue weighted by molar-refractivity contribution is -0.142. The Morgan fingerprint density at radius 1 is 0.838 bits per heavy atom. The van der Waals surface area contributed by atoms with Crippen LogP contribution in [0.4, 0.5) is 0 Å². The quantitative estimate of drug-likeness (QED) is 0.131. The second-order valence-corrected chi connectivity index (χ2v) is 10.2. The maximum Gasteiger partial charge on any atom is 0.326 e. The van der Waals surface area contributed by atoms with Gasteiger partial charge in [0.25, 0.3) is 0 Å². The van der Waals surface area contributed by atoms with Crippen LogP contribution in [-0.4, -0.2) is 96.9 Å². The smallest absolute Gasteiger partial charge is 0.326 e. The van der Waals surface area contributed by atoms with E-state index in [2.05, 4.69) is 35.9 Å². The van der Waals surface area contributed by atoms with Crippen LogP contribution < -0.4 is 21.7 Å². The number of carbonyl (C=O) groups excluding carboxylic acids is 3. The third-order valence-corrected chi connectivity index (χ3v) is 6.70. The summed E-state index contributed by atoms with van der Waals surface area (Å²) in [6.07, 6.45) is 10.5. The summed E-state index contributed by atoms with van der Waals surface area (Å²) in [7, 11) is 0. The number of nitrogens with zero attached hydrogens (tertiary/aromatic N) is 2. The average molecular weight is 555 g/mol. The van der Waals surface area contributed by atoms with Crippen LogP contribution in [0.25, 0.3) is 0 Å². The molecule has 4 unspecified atom stereocenters. The number of aromatic nitrogens is 4. The largest absolute Gasteiger partial charge is 0.480 e. The fraction of sp³-hybridized carbons (Fsp3) is 0.545. The molecular weight excluding hydrogens is 520 g/mol. The van der Waals surface area contributed by atoms with Crippen molar-refractivity contribution in [3.8, 4) is 0 Å². The van der Waals surface area contributed by atoms with Gasteiger partial charge in [0.2, 0.25) is 17.7 Å². The molecule has 2 heterocycles. The summed E-state index contributed by atoms with van der Waals surface area (Å²) in [6.45, 7) is 0. The Morgan fingerprint density at radius 3 is 1.73 bits per heavy atom. The molecule has 0 aliphatic rings. The summed E-state index contributed by atoms with van der Waals surface area (Å²) in [4.78, 5) is 64.1. The predicted molar refractivity (Wildman–Crippen MR) is 142 cm³/mol. The number of amides is 3. The molecule has 13 nitrogen and oxygen atoms in total. The van der Waals surface area contributed by atoms with E-state index in [0.717, 1.165) is 0 Å². The van der Waals surface area contributed by atoms with Crippen molar-refractivity contribution in [1.29, 1.82) is 0 Å². The van der Waals surface area contributed by atoms with E-state index in [1.165, 1.54) is 42.4 Å². The van der Waals surface area contributed by atoms with E-state index >= 15 is 0 Å². The van der Waals surface area contributed by atoms with Crippen molar-refractivity contribution in [2.24, 2.45) is 5.73 Å². The Morgan fingerprint density at radius 2 is 1.30 bits per heavy atom. The van der Waals surface area contributed by atoms with Crippen molar-refractivity contribution in [3.63, 3.8) is 0 Å². The third-order valence-electron chi connectivity index (χ3n) is 5.41. The van der Waals surface area contributed by atoms with E-state index in [1.54, 1.807) is 6.20 Å². The molecule has 0 bridgehead atoms. The molecule has 8 N–H and O–H groups in total. The van der Waals surface area contributed by atoms with Gasteiger partial charge in [-0.2, -0.15) is 23.5 Å². The number of nitrogens with one attached hydrogen (secondary N) is 5. The van der Waals surface area contributed by atoms with Crippen LogP contribution in [0, 0.1) is 0 Å². The van der Waals surface area contributed by atoms with E-state index in [1.807, 2.05) is 12.5 Å². The number of nitrogens with two attached hydrogens (primary N) is 1. The molecule has 4 atom stereocenters. The van der Waals surface area contributed by atoms with Gasteiger partial charge in [0.15, 0.2) is 0 Å². The molecule has 0 fully saturated rings. The molecule has 3 amide bonds. The Kier molecular flexibility index (Phi) is 13.0. The van der Waals surface area contributed by atoms with Gasteiger partial charge in [-0.3, -0.25) is 14.4 Å². The van der Waals surface area contributed by atoms with Crippen LogP contribution in [0.3, 0.4) is 0 Å². The summed E-state index contributed by atoms with van der Waals surface area (Å²) in [6, 6.07) is -4.03. The molecule has 0 saturated heterocycles. The van der Waals surface area contributed by atoms with Gasteiger partial charge in [-0.25, -0.2) is 14.8 Å². The predicted octanol–water partition coefficient (Wildman–Crippen LogP) is -0.709. The molecule has 0 saturated carbocycles. The highest BCUT2D eigenvalue weighted by Gasteiger charge is 2.30. The lowest BCUT2D eigenvalue weighted by atomic mass is 10.1. The first-order valence-corrected chi connectivity index (χ1v) is 14.4. The molecule has 0 aromatic carbocycles. The van der Waals surface area contributed by atoms with Gasteiger partial charge >= 0.3 is 5.97 Å². The maximum absolute atomic E-state index is 13.2. The van der Waals surface area contributed by atoms with Crippen molar-refractivity contribution in [3.05, 3.63) is 36.4 Å². The number of aromatic amines is 2. The lowest BCUT2D eigenvalue weighted by Gasteiger charge is -2.25. The van der Waals surface area contributed by atoms with Crippen molar-refractivity contribution in [1.82, 2.24) is 35.9 Å². The highest BCUT2D eigenvalue weighted by Crippen LogP contribution is 2.07. The fourth-order valence-corrected chi connectivity index (χ4v) is 4.32. The normalized spacial score (nSPS) is 14.2. The Balaban J connectivity index is 2.07. The van der Waals surface area contributed by atoms with Crippen molar-refractivity contribution in [2.45, 2.75) is 49.9 Å². The fourth-order valence-electron chi connectivity index (χ4n) is 3.37. The number of thioether (sulfide) groups is 2. The lowest BCUT2D eigenvalue weighted by Crippen LogP contribution is -2.57. The molecule has 2 rings (SSSR count). The van der Waals surface area contributed by atoms with Gasteiger partial charge in [0.05, 0.1) is 18.7 Å².